The summed E-state index contributed by atoms with van der Waals surface area (Å²) < 4.78 is 1.95. The quantitative estimate of drug-likeness (QED) is 0.834. The first-order valence-corrected chi connectivity index (χ1v) is 10.3. The maximum atomic E-state index is 13.0. The third-order valence-corrected chi connectivity index (χ3v) is 6.05. The van der Waals surface area contributed by atoms with E-state index in [1.165, 1.54) is 5.56 Å². The van der Waals surface area contributed by atoms with Crippen LogP contribution in [0.15, 0.2) is 42.7 Å². The topological polar surface area (TPSA) is 61.6 Å². The van der Waals surface area contributed by atoms with Crippen molar-refractivity contribution in [3.63, 3.8) is 0 Å². The zero-order valence-electron chi connectivity index (χ0n) is 16.8. The molecule has 6 heteroatoms. The molecule has 2 fully saturated rings. The normalized spacial score (nSPS) is 24.0. The van der Waals surface area contributed by atoms with Crippen LogP contribution in [0.5, 0.6) is 0 Å². The molecule has 0 saturated carbocycles. The van der Waals surface area contributed by atoms with Gasteiger partial charge in [0.25, 0.3) is 5.91 Å². The lowest BCUT2D eigenvalue weighted by atomic mass is 9.89. The van der Waals surface area contributed by atoms with E-state index in [0.29, 0.717) is 38.0 Å². The Hall–Kier alpha value is -2.18. The standard InChI is InChI=1S/C22H30N4O2/c1-17(2)19-7-5-18(6-8-19)13-25-11-3-9-22(28,21(25)27)16-24-14-20(15-24)26-12-4-10-23-26/h4-8,10,12,17,20,28H,3,9,11,13-16H2,1-2H3. The average molecular weight is 383 g/mol. The van der Waals surface area contributed by atoms with Gasteiger partial charge in [0.2, 0.25) is 0 Å². The summed E-state index contributed by atoms with van der Waals surface area (Å²) in [5.74, 6) is 0.368. The number of piperidine rings is 1. The van der Waals surface area contributed by atoms with E-state index in [1.807, 2.05) is 21.8 Å². The monoisotopic (exact) mass is 382 g/mol. The van der Waals surface area contributed by atoms with Gasteiger partial charge in [-0.1, -0.05) is 38.1 Å². The summed E-state index contributed by atoms with van der Waals surface area (Å²) in [6, 6.07) is 10.7. The maximum Gasteiger partial charge on any atom is 0.256 e. The molecule has 1 aromatic carbocycles. The van der Waals surface area contributed by atoms with E-state index in [-0.39, 0.29) is 5.91 Å². The van der Waals surface area contributed by atoms with E-state index >= 15 is 0 Å². The molecule has 2 aliphatic heterocycles. The highest BCUT2D eigenvalue weighted by molar-refractivity contribution is 5.86. The summed E-state index contributed by atoms with van der Waals surface area (Å²) in [4.78, 5) is 17.0. The Kier molecular flexibility index (Phi) is 5.25. The van der Waals surface area contributed by atoms with Gasteiger partial charge in [-0.25, -0.2) is 0 Å². The highest BCUT2D eigenvalue weighted by Gasteiger charge is 2.45. The molecular weight excluding hydrogens is 352 g/mol. The number of aliphatic hydroxyl groups is 1. The zero-order chi connectivity index (χ0) is 19.7. The summed E-state index contributed by atoms with van der Waals surface area (Å²) in [6.45, 7) is 7.69. The fourth-order valence-electron chi connectivity index (χ4n) is 4.30. The van der Waals surface area contributed by atoms with Crippen molar-refractivity contribution in [1.82, 2.24) is 19.6 Å². The summed E-state index contributed by atoms with van der Waals surface area (Å²) in [5.41, 5.74) is 1.14. The SMILES string of the molecule is CC(C)c1ccc(CN2CCCC(O)(CN3CC(n4cccn4)C3)C2=O)cc1. The van der Waals surface area contributed by atoms with Gasteiger partial charge in [0.15, 0.2) is 5.60 Å². The number of aromatic nitrogens is 2. The third kappa shape index (κ3) is 3.84. The van der Waals surface area contributed by atoms with Crippen LogP contribution in [0.1, 0.15) is 49.8 Å². The van der Waals surface area contributed by atoms with E-state index < -0.39 is 5.60 Å². The van der Waals surface area contributed by atoms with Crippen molar-refractivity contribution >= 4 is 5.91 Å². The molecule has 1 N–H and O–H groups in total. The Morgan fingerprint density at radius 2 is 2.00 bits per heavy atom. The van der Waals surface area contributed by atoms with Gasteiger partial charge in [0, 0.05) is 45.1 Å². The molecule has 1 atom stereocenters. The Bertz CT molecular complexity index is 796. The molecule has 4 rings (SSSR count). The molecule has 28 heavy (non-hydrogen) atoms. The summed E-state index contributed by atoms with van der Waals surface area (Å²) in [5, 5.41) is 15.4. The number of hydrogen-bond donors (Lipinski definition) is 1. The van der Waals surface area contributed by atoms with Gasteiger partial charge in [-0.2, -0.15) is 5.10 Å². The maximum absolute atomic E-state index is 13.0. The number of benzene rings is 1. The number of β-amino-alcohol motifs (C(OH)–C–C–N with tert-alkyl or cyclic N) is 1. The molecule has 1 unspecified atom stereocenters. The lowest BCUT2D eigenvalue weighted by molar-refractivity contribution is -0.162. The van der Waals surface area contributed by atoms with Crippen molar-refractivity contribution in [3.05, 3.63) is 53.9 Å². The lowest BCUT2D eigenvalue weighted by Gasteiger charge is -2.46. The van der Waals surface area contributed by atoms with E-state index in [4.69, 9.17) is 0 Å². The van der Waals surface area contributed by atoms with Crippen molar-refractivity contribution in [3.8, 4) is 0 Å². The fourth-order valence-corrected chi connectivity index (χ4v) is 4.30. The van der Waals surface area contributed by atoms with Crippen LogP contribution in [0, 0.1) is 0 Å². The molecule has 6 nitrogen and oxygen atoms in total. The molecule has 1 amide bonds. The fraction of sp³-hybridized carbons (Fsp3) is 0.545. The number of amides is 1. The van der Waals surface area contributed by atoms with Gasteiger partial charge in [-0.3, -0.25) is 14.4 Å². The molecule has 0 bridgehead atoms. The van der Waals surface area contributed by atoms with Gasteiger partial charge < -0.3 is 10.0 Å². The summed E-state index contributed by atoms with van der Waals surface area (Å²) in [7, 11) is 0. The van der Waals surface area contributed by atoms with Crippen molar-refractivity contribution in [2.45, 2.75) is 50.8 Å². The second-order valence-corrected chi connectivity index (χ2v) is 8.59. The molecular formula is C22H30N4O2. The van der Waals surface area contributed by atoms with Crippen LogP contribution in [0.25, 0.3) is 0 Å². The average Bonchev–Trinajstić information content (AvgIpc) is 3.16. The predicted molar refractivity (Wildman–Crippen MR) is 108 cm³/mol. The first kappa shape index (κ1) is 19.2. The van der Waals surface area contributed by atoms with Crippen LogP contribution in [0.3, 0.4) is 0 Å². The molecule has 0 radical (unpaired) electrons. The zero-order valence-corrected chi connectivity index (χ0v) is 16.8. The van der Waals surface area contributed by atoms with E-state index in [2.05, 4.69) is 48.1 Å². The highest BCUT2D eigenvalue weighted by Crippen LogP contribution is 2.29. The minimum atomic E-state index is -1.27. The molecule has 2 aromatic rings. The van der Waals surface area contributed by atoms with Gasteiger partial charge in [-0.05, 0) is 36.0 Å². The molecule has 1 aromatic heterocycles. The van der Waals surface area contributed by atoms with Crippen LogP contribution in [-0.2, 0) is 11.3 Å². The smallest absolute Gasteiger partial charge is 0.256 e. The van der Waals surface area contributed by atoms with Crippen molar-refractivity contribution in [2.24, 2.45) is 0 Å². The minimum absolute atomic E-state index is 0.130. The summed E-state index contributed by atoms with van der Waals surface area (Å²) >= 11 is 0. The van der Waals surface area contributed by atoms with E-state index in [0.717, 1.165) is 25.1 Å². The summed E-state index contributed by atoms with van der Waals surface area (Å²) in [6.07, 6.45) is 5.13. The second kappa shape index (κ2) is 7.68. The molecule has 2 aliphatic rings. The minimum Gasteiger partial charge on any atom is -0.379 e. The van der Waals surface area contributed by atoms with Crippen LogP contribution in [0.4, 0.5) is 0 Å². The number of rotatable bonds is 6. The van der Waals surface area contributed by atoms with E-state index in [1.54, 1.807) is 6.20 Å². The van der Waals surface area contributed by atoms with Gasteiger partial charge in [0.05, 0.1) is 6.04 Å². The number of carbonyl (C=O) groups excluding carboxylic acids is 1. The van der Waals surface area contributed by atoms with Gasteiger partial charge in [0.1, 0.15) is 0 Å². The second-order valence-electron chi connectivity index (χ2n) is 8.59. The van der Waals surface area contributed by atoms with E-state index in [9.17, 15) is 9.90 Å². The Morgan fingerprint density at radius 3 is 2.64 bits per heavy atom. The van der Waals surface area contributed by atoms with Crippen molar-refractivity contribution in [1.29, 1.82) is 0 Å². The third-order valence-electron chi connectivity index (χ3n) is 6.05. The largest absolute Gasteiger partial charge is 0.379 e. The Labute approximate surface area is 166 Å². The molecule has 0 spiro atoms. The Morgan fingerprint density at radius 1 is 1.25 bits per heavy atom. The predicted octanol–water partition coefficient (Wildman–Crippen LogP) is 2.42. The Balaban J connectivity index is 1.35. The number of carbonyl (C=O) groups is 1. The van der Waals surface area contributed by atoms with Crippen LogP contribution in [-0.4, -0.2) is 62.4 Å². The first-order chi connectivity index (χ1) is 13.4. The van der Waals surface area contributed by atoms with Crippen LogP contribution >= 0.6 is 0 Å². The molecule has 0 aliphatic carbocycles. The van der Waals surface area contributed by atoms with Gasteiger partial charge in [-0.15, -0.1) is 0 Å². The highest BCUT2D eigenvalue weighted by atomic mass is 16.3. The van der Waals surface area contributed by atoms with Crippen LogP contribution in [0.2, 0.25) is 0 Å². The van der Waals surface area contributed by atoms with Crippen LogP contribution < -0.4 is 0 Å². The van der Waals surface area contributed by atoms with Gasteiger partial charge >= 0.3 is 0 Å². The molecule has 2 saturated heterocycles. The first-order valence-electron chi connectivity index (χ1n) is 10.3. The molecule has 3 heterocycles. The number of nitrogens with zero attached hydrogens (tertiary/aromatic N) is 4. The number of hydrogen-bond acceptors (Lipinski definition) is 4. The molecule has 150 valence electrons. The van der Waals surface area contributed by atoms with Crippen molar-refractivity contribution in [2.75, 3.05) is 26.2 Å². The lowest BCUT2D eigenvalue weighted by Crippen LogP contribution is -2.61. The number of likely N-dealkylation sites (tertiary alicyclic amines) is 2. The van der Waals surface area contributed by atoms with Crippen molar-refractivity contribution < 1.29 is 9.90 Å².